The van der Waals surface area contributed by atoms with Crippen molar-refractivity contribution in [3.63, 3.8) is 0 Å². The summed E-state index contributed by atoms with van der Waals surface area (Å²) in [6.07, 6.45) is 5.55. The monoisotopic (exact) mass is 170 g/mol. The number of ether oxygens (including phenoxy) is 1. The van der Waals surface area contributed by atoms with Gasteiger partial charge in [0.2, 0.25) is 0 Å². The number of rotatable bonds is 4. The van der Waals surface area contributed by atoms with E-state index in [0.29, 0.717) is 12.4 Å². The molecule has 70 valence electrons. The van der Waals surface area contributed by atoms with Crippen LogP contribution in [-0.4, -0.2) is 19.5 Å². The van der Waals surface area contributed by atoms with E-state index in [1.807, 2.05) is 0 Å². The molecule has 2 nitrogen and oxygen atoms in total. The van der Waals surface area contributed by atoms with Gasteiger partial charge in [0.1, 0.15) is 6.61 Å². The minimum atomic E-state index is -0.0178. The zero-order chi connectivity index (χ0) is 9.03. The Hall–Kier alpha value is -0.370. The Labute approximate surface area is 74.3 Å². The molecule has 0 aromatic carbocycles. The number of carbonyl (C=O) groups excluding carboxylic acids is 1. The van der Waals surface area contributed by atoms with Crippen LogP contribution >= 0.6 is 0 Å². The van der Waals surface area contributed by atoms with E-state index in [1.165, 1.54) is 12.8 Å². The van der Waals surface area contributed by atoms with Gasteiger partial charge >= 0.3 is 0 Å². The van der Waals surface area contributed by atoms with Crippen molar-refractivity contribution in [1.29, 1.82) is 0 Å². The molecule has 0 saturated heterocycles. The van der Waals surface area contributed by atoms with E-state index in [1.54, 1.807) is 7.11 Å². The molecule has 1 aliphatic carbocycles. The first-order valence-corrected chi connectivity index (χ1v) is 4.77. The molecule has 1 rings (SSSR count). The van der Waals surface area contributed by atoms with Crippen LogP contribution in [0.1, 0.15) is 39.0 Å². The smallest absolute Gasteiger partial charge is 0.164 e. The van der Waals surface area contributed by atoms with Crippen LogP contribution in [0.15, 0.2) is 0 Å². The zero-order valence-corrected chi connectivity index (χ0v) is 8.06. The molecular weight excluding hydrogens is 152 g/mol. The average molecular weight is 170 g/mol. The van der Waals surface area contributed by atoms with Crippen molar-refractivity contribution in [2.24, 2.45) is 5.41 Å². The number of hydrogen-bond donors (Lipinski definition) is 0. The summed E-state index contributed by atoms with van der Waals surface area (Å²) in [6.45, 7) is 2.41. The van der Waals surface area contributed by atoms with Crippen LogP contribution in [0.25, 0.3) is 0 Å². The van der Waals surface area contributed by atoms with E-state index in [-0.39, 0.29) is 5.41 Å². The van der Waals surface area contributed by atoms with Gasteiger partial charge in [-0.15, -0.1) is 0 Å². The molecule has 0 atom stereocenters. The second-order valence-electron chi connectivity index (χ2n) is 3.70. The van der Waals surface area contributed by atoms with E-state index in [4.69, 9.17) is 4.74 Å². The third-order valence-electron chi connectivity index (χ3n) is 3.10. The highest BCUT2D eigenvalue weighted by molar-refractivity contribution is 5.86. The molecule has 0 aromatic rings. The molecule has 0 unspecified atom stereocenters. The van der Waals surface area contributed by atoms with E-state index in [2.05, 4.69) is 6.92 Å². The minimum Gasteiger partial charge on any atom is -0.377 e. The molecule has 1 aliphatic rings. The summed E-state index contributed by atoms with van der Waals surface area (Å²) >= 11 is 0. The van der Waals surface area contributed by atoms with Crippen molar-refractivity contribution >= 4 is 5.78 Å². The molecule has 1 fully saturated rings. The first-order chi connectivity index (χ1) is 5.75. The lowest BCUT2D eigenvalue weighted by Crippen LogP contribution is -2.30. The van der Waals surface area contributed by atoms with Gasteiger partial charge in [-0.05, 0) is 19.3 Å². The van der Waals surface area contributed by atoms with Crippen LogP contribution < -0.4 is 0 Å². The molecule has 0 heterocycles. The van der Waals surface area contributed by atoms with E-state index in [0.717, 1.165) is 19.3 Å². The second kappa shape index (κ2) is 4.04. The molecule has 0 aliphatic heterocycles. The third-order valence-corrected chi connectivity index (χ3v) is 3.10. The Kier molecular flexibility index (Phi) is 3.27. The normalized spacial score (nSPS) is 21.2. The minimum absolute atomic E-state index is 0.0178. The summed E-state index contributed by atoms with van der Waals surface area (Å²) < 4.78 is 4.89. The van der Waals surface area contributed by atoms with Gasteiger partial charge in [0.15, 0.2) is 5.78 Å². The number of methoxy groups -OCH3 is 1. The third kappa shape index (κ3) is 1.69. The molecule has 2 heteroatoms. The predicted octanol–water partition coefficient (Wildman–Crippen LogP) is 2.17. The fourth-order valence-corrected chi connectivity index (χ4v) is 2.17. The fourth-order valence-electron chi connectivity index (χ4n) is 2.17. The summed E-state index contributed by atoms with van der Waals surface area (Å²) in [7, 11) is 1.59. The van der Waals surface area contributed by atoms with E-state index in [9.17, 15) is 4.79 Å². The lowest BCUT2D eigenvalue weighted by molar-refractivity contribution is -0.132. The molecular formula is C10H18O2. The van der Waals surface area contributed by atoms with Gasteiger partial charge < -0.3 is 4.74 Å². The van der Waals surface area contributed by atoms with Crippen LogP contribution in [0.3, 0.4) is 0 Å². The molecule has 0 bridgehead atoms. The van der Waals surface area contributed by atoms with Crippen LogP contribution in [0.2, 0.25) is 0 Å². The maximum atomic E-state index is 11.7. The first kappa shape index (κ1) is 9.72. The molecule has 0 aromatic heterocycles. The quantitative estimate of drug-likeness (QED) is 0.646. The summed E-state index contributed by atoms with van der Waals surface area (Å²) in [4.78, 5) is 11.7. The fraction of sp³-hybridized carbons (Fsp3) is 0.900. The number of Topliss-reactive ketones (excluding diaryl/α,β-unsaturated/α-hetero) is 1. The van der Waals surface area contributed by atoms with Crippen molar-refractivity contribution < 1.29 is 9.53 Å². The molecule has 0 amide bonds. The predicted molar refractivity (Wildman–Crippen MR) is 48.1 cm³/mol. The van der Waals surface area contributed by atoms with Crippen LogP contribution in [0.4, 0.5) is 0 Å². The molecule has 12 heavy (non-hydrogen) atoms. The zero-order valence-electron chi connectivity index (χ0n) is 8.06. The Bertz CT molecular complexity index is 157. The maximum absolute atomic E-state index is 11.7. The van der Waals surface area contributed by atoms with Gasteiger partial charge in [-0.2, -0.15) is 0 Å². The topological polar surface area (TPSA) is 26.3 Å². The van der Waals surface area contributed by atoms with Crippen molar-refractivity contribution in [1.82, 2.24) is 0 Å². The highest BCUT2D eigenvalue weighted by atomic mass is 16.5. The van der Waals surface area contributed by atoms with Gasteiger partial charge in [0, 0.05) is 12.5 Å². The van der Waals surface area contributed by atoms with Gasteiger partial charge in [-0.25, -0.2) is 0 Å². The van der Waals surface area contributed by atoms with Gasteiger partial charge in [-0.3, -0.25) is 4.79 Å². The summed E-state index contributed by atoms with van der Waals surface area (Å²) in [5, 5.41) is 0. The Morgan fingerprint density at radius 2 is 2.00 bits per heavy atom. The Morgan fingerprint density at radius 3 is 2.42 bits per heavy atom. The average Bonchev–Trinajstić information content (AvgIpc) is 2.54. The Balaban J connectivity index is 2.59. The molecule has 0 radical (unpaired) electrons. The first-order valence-electron chi connectivity index (χ1n) is 4.77. The largest absolute Gasteiger partial charge is 0.377 e. The van der Waals surface area contributed by atoms with Crippen LogP contribution in [0.5, 0.6) is 0 Å². The van der Waals surface area contributed by atoms with Crippen LogP contribution in [0, 0.1) is 5.41 Å². The highest BCUT2D eigenvalue weighted by Gasteiger charge is 2.38. The highest BCUT2D eigenvalue weighted by Crippen LogP contribution is 2.41. The molecule has 1 saturated carbocycles. The van der Waals surface area contributed by atoms with Gasteiger partial charge in [0.05, 0.1) is 0 Å². The Morgan fingerprint density at radius 1 is 1.42 bits per heavy atom. The summed E-state index contributed by atoms with van der Waals surface area (Å²) in [6, 6.07) is 0. The number of hydrogen-bond acceptors (Lipinski definition) is 2. The lowest BCUT2D eigenvalue weighted by atomic mass is 9.79. The summed E-state index contributed by atoms with van der Waals surface area (Å²) in [5.41, 5.74) is -0.0178. The second-order valence-corrected chi connectivity index (χ2v) is 3.70. The molecule has 0 N–H and O–H groups in total. The van der Waals surface area contributed by atoms with Gasteiger partial charge in [-0.1, -0.05) is 19.8 Å². The standard InChI is InChI=1S/C10H18O2/c1-3-10(6-4-5-7-10)9(11)8-12-2/h3-8H2,1-2H3. The van der Waals surface area contributed by atoms with Gasteiger partial charge in [0.25, 0.3) is 0 Å². The van der Waals surface area contributed by atoms with Crippen molar-refractivity contribution in [3.05, 3.63) is 0 Å². The van der Waals surface area contributed by atoms with Crippen molar-refractivity contribution in [3.8, 4) is 0 Å². The molecule has 0 spiro atoms. The lowest BCUT2D eigenvalue weighted by Gasteiger charge is -2.24. The van der Waals surface area contributed by atoms with E-state index >= 15 is 0 Å². The van der Waals surface area contributed by atoms with Crippen LogP contribution in [-0.2, 0) is 9.53 Å². The maximum Gasteiger partial charge on any atom is 0.164 e. The SMILES string of the molecule is CCC1(C(=O)COC)CCCC1. The van der Waals surface area contributed by atoms with E-state index < -0.39 is 0 Å². The van der Waals surface area contributed by atoms with Crippen molar-refractivity contribution in [2.45, 2.75) is 39.0 Å². The number of ketones is 1. The van der Waals surface area contributed by atoms with Crippen molar-refractivity contribution in [2.75, 3.05) is 13.7 Å². The summed E-state index contributed by atoms with van der Waals surface area (Å²) in [5.74, 6) is 0.310. The number of carbonyl (C=O) groups is 1.